The summed E-state index contributed by atoms with van der Waals surface area (Å²) in [6, 6.07) is 10.4. The minimum atomic E-state index is 0.0865. The Balaban J connectivity index is 1.45. The molecule has 1 amide bonds. The van der Waals surface area contributed by atoms with Crippen molar-refractivity contribution in [3.05, 3.63) is 56.8 Å². The highest BCUT2D eigenvalue weighted by Crippen LogP contribution is 2.22. The molecule has 0 radical (unpaired) electrons. The molecule has 4 nitrogen and oxygen atoms in total. The first-order chi connectivity index (χ1) is 12.9. The fraction of sp³-hybridized carbons (Fsp3) is 0.455. The molecule has 0 bridgehead atoms. The first-order valence-corrected chi connectivity index (χ1v) is 10.4. The summed E-state index contributed by atoms with van der Waals surface area (Å²) in [6.07, 6.45) is 0.615. The molecule has 2 aromatic rings. The third-order valence-corrected chi connectivity index (χ3v) is 6.25. The van der Waals surface area contributed by atoms with E-state index in [2.05, 4.69) is 36.1 Å². The van der Waals surface area contributed by atoms with E-state index >= 15 is 0 Å². The minimum absolute atomic E-state index is 0.0865. The monoisotopic (exact) mass is 384 g/mol. The number of nitrogens with zero attached hydrogens (tertiary/aromatic N) is 2. The maximum absolute atomic E-state index is 12.5. The molecule has 1 saturated heterocycles. The number of Topliss-reactive ketones (excluding diaryl/α,β-unsaturated/α-hetero) is 1. The summed E-state index contributed by atoms with van der Waals surface area (Å²) in [6.45, 7) is 10.3. The Hall–Kier alpha value is -1.98. The van der Waals surface area contributed by atoms with Crippen LogP contribution in [0.25, 0.3) is 0 Å². The lowest BCUT2D eigenvalue weighted by Gasteiger charge is -2.35. The second-order valence-corrected chi connectivity index (χ2v) is 8.79. The van der Waals surface area contributed by atoms with Gasteiger partial charge in [-0.3, -0.25) is 14.5 Å². The van der Waals surface area contributed by atoms with E-state index in [0.717, 1.165) is 48.0 Å². The summed E-state index contributed by atoms with van der Waals surface area (Å²) in [5, 5.41) is 0. The van der Waals surface area contributed by atoms with Crippen molar-refractivity contribution in [3.63, 3.8) is 0 Å². The highest BCUT2D eigenvalue weighted by atomic mass is 32.1. The lowest BCUT2D eigenvalue weighted by atomic mass is 10.1. The van der Waals surface area contributed by atoms with Crippen LogP contribution in [-0.2, 0) is 11.3 Å². The second kappa shape index (κ2) is 8.81. The number of carbonyl (C=O) groups excluding carboxylic acids is 2. The number of piperazine rings is 1. The van der Waals surface area contributed by atoms with E-state index < -0.39 is 0 Å². The van der Waals surface area contributed by atoms with E-state index in [1.54, 1.807) is 11.3 Å². The summed E-state index contributed by atoms with van der Waals surface area (Å²) in [7, 11) is 0. The molecule has 27 heavy (non-hydrogen) atoms. The zero-order valence-electron chi connectivity index (χ0n) is 16.5. The molecule has 2 heterocycles. The predicted molar refractivity (Wildman–Crippen MR) is 110 cm³/mol. The molecule has 144 valence electrons. The van der Waals surface area contributed by atoms with Gasteiger partial charge in [-0.25, -0.2) is 0 Å². The standard InChI is InChI=1S/C22H28N2O2S/c1-16-6-4-5-7-19(16)15-23-10-12-24(13-11-23)22(26)9-8-21(25)20-14-17(2)27-18(20)3/h4-7,14H,8-13,15H2,1-3H3. The molecule has 1 aromatic carbocycles. The van der Waals surface area contributed by atoms with Crippen LogP contribution in [0, 0.1) is 20.8 Å². The Labute approximate surface area is 165 Å². The maximum atomic E-state index is 12.5. The Kier molecular flexibility index (Phi) is 6.45. The number of amides is 1. The zero-order chi connectivity index (χ0) is 19.4. The highest BCUT2D eigenvalue weighted by Gasteiger charge is 2.22. The largest absolute Gasteiger partial charge is 0.340 e. The van der Waals surface area contributed by atoms with Gasteiger partial charge in [0.05, 0.1) is 0 Å². The van der Waals surface area contributed by atoms with Crippen LogP contribution in [0.5, 0.6) is 0 Å². The van der Waals surface area contributed by atoms with Gasteiger partial charge in [0.1, 0.15) is 0 Å². The molecule has 3 rings (SSSR count). The first kappa shape index (κ1) is 19.8. The van der Waals surface area contributed by atoms with Crippen molar-refractivity contribution in [1.82, 2.24) is 9.80 Å². The van der Waals surface area contributed by atoms with Crippen molar-refractivity contribution in [3.8, 4) is 0 Å². The number of benzene rings is 1. The van der Waals surface area contributed by atoms with Crippen molar-refractivity contribution in [2.24, 2.45) is 0 Å². The molecular formula is C22H28N2O2S. The number of hydrogen-bond donors (Lipinski definition) is 0. The molecule has 1 fully saturated rings. The van der Waals surface area contributed by atoms with Crippen LogP contribution < -0.4 is 0 Å². The van der Waals surface area contributed by atoms with Gasteiger partial charge in [0.25, 0.3) is 0 Å². The molecule has 1 aromatic heterocycles. The maximum Gasteiger partial charge on any atom is 0.223 e. The van der Waals surface area contributed by atoms with Gasteiger partial charge in [-0.2, -0.15) is 0 Å². The van der Waals surface area contributed by atoms with Crippen LogP contribution in [0.1, 0.15) is 44.1 Å². The van der Waals surface area contributed by atoms with Gasteiger partial charge in [0, 0.05) is 60.9 Å². The van der Waals surface area contributed by atoms with E-state index in [1.165, 1.54) is 11.1 Å². The normalized spacial score (nSPS) is 15.1. The third-order valence-electron chi connectivity index (χ3n) is 5.29. The second-order valence-electron chi connectivity index (χ2n) is 7.33. The lowest BCUT2D eigenvalue weighted by Crippen LogP contribution is -2.48. The van der Waals surface area contributed by atoms with Gasteiger partial charge in [-0.1, -0.05) is 24.3 Å². The average molecular weight is 385 g/mol. The highest BCUT2D eigenvalue weighted by molar-refractivity contribution is 7.12. The Morgan fingerprint density at radius 2 is 1.70 bits per heavy atom. The molecule has 0 aliphatic carbocycles. The smallest absolute Gasteiger partial charge is 0.223 e. The molecule has 0 unspecified atom stereocenters. The van der Waals surface area contributed by atoms with Crippen molar-refractivity contribution >= 4 is 23.0 Å². The molecule has 5 heteroatoms. The summed E-state index contributed by atoms with van der Waals surface area (Å²) < 4.78 is 0. The van der Waals surface area contributed by atoms with Crippen molar-refractivity contribution < 1.29 is 9.59 Å². The van der Waals surface area contributed by atoms with Gasteiger partial charge in [0.2, 0.25) is 5.91 Å². The van der Waals surface area contributed by atoms with Crippen LogP contribution in [0.4, 0.5) is 0 Å². The van der Waals surface area contributed by atoms with Crippen LogP contribution in [0.15, 0.2) is 30.3 Å². The average Bonchev–Trinajstić information content (AvgIpc) is 3.00. The van der Waals surface area contributed by atoms with Gasteiger partial charge >= 0.3 is 0 Å². The first-order valence-electron chi connectivity index (χ1n) is 9.59. The topological polar surface area (TPSA) is 40.6 Å². The molecule has 0 N–H and O–H groups in total. The number of thiophene rings is 1. The predicted octanol–water partition coefficient (Wildman–Crippen LogP) is 3.98. The molecule has 1 aliphatic heterocycles. The third kappa shape index (κ3) is 5.05. The molecule has 0 spiro atoms. The number of aryl methyl sites for hydroxylation is 3. The Bertz CT molecular complexity index is 819. The van der Waals surface area contributed by atoms with E-state index in [4.69, 9.17) is 0 Å². The van der Waals surface area contributed by atoms with E-state index in [1.807, 2.05) is 24.8 Å². The van der Waals surface area contributed by atoms with E-state index in [-0.39, 0.29) is 11.7 Å². The molecule has 1 aliphatic rings. The quantitative estimate of drug-likeness (QED) is 0.708. The summed E-state index contributed by atoms with van der Waals surface area (Å²) >= 11 is 1.64. The van der Waals surface area contributed by atoms with Crippen molar-refractivity contribution in [1.29, 1.82) is 0 Å². The molecule has 0 saturated carbocycles. The number of ketones is 1. The fourth-order valence-electron chi connectivity index (χ4n) is 3.60. The van der Waals surface area contributed by atoms with Gasteiger partial charge in [-0.05, 0) is 38.0 Å². The SMILES string of the molecule is Cc1cc(C(=O)CCC(=O)N2CCN(Cc3ccccc3C)CC2)c(C)s1. The van der Waals surface area contributed by atoms with Gasteiger partial charge in [-0.15, -0.1) is 11.3 Å². The van der Waals surface area contributed by atoms with Crippen molar-refractivity contribution in [2.45, 2.75) is 40.2 Å². The lowest BCUT2D eigenvalue weighted by molar-refractivity contribution is -0.133. The van der Waals surface area contributed by atoms with Gasteiger partial charge in [0.15, 0.2) is 5.78 Å². The fourth-order valence-corrected chi connectivity index (χ4v) is 4.55. The summed E-state index contributed by atoms with van der Waals surface area (Å²) in [5.41, 5.74) is 3.45. The van der Waals surface area contributed by atoms with Gasteiger partial charge < -0.3 is 4.90 Å². The molecule has 0 atom stereocenters. The minimum Gasteiger partial charge on any atom is -0.340 e. The Morgan fingerprint density at radius 1 is 1.00 bits per heavy atom. The number of rotatable bonds is 6. The van der Waals surface area contributed by atoms with E-state index in [9.17, 15) is 9.59 Å². The Morgan fingerprint density at radius 3 is 2.33 bits per heavy atom. The van der Waals surface area contributed by atoms with Crippen LogP contribution in [0.2, 0.25) is 0 Å². The van der Waals surface area contributed by atoms with E-state index in [0.29, 0.717) is 12.8 Å². The van der Waals surface area contributed by atoms with Crippen LogP contribution >= 0.6 is 11.3 Å². The number of carbonyl (C=O) groups is 2. The zero-order valence-corrected chi connectivity index (χ0v) is 17.3. The number of hydrogen-bond acceptors (Lipinski definition) is 4. The summed E-state index contributed by atoms with van der Waals surface area (Å²) in [4.78, 5) is 31.4. The van der Waals surface area contributed by atoms with Crippen LogP contribution in [-0.4, -0.2) is 47.7 Å². The van der Waals surface area contributed by atoms with Crippen molar-refractivity contribution in [2.75, 3.05) is 26.2 Å². The molecular weight excluding hydrogens is 356 g/mol. The van der Waals surface area contributed by atoms with Crippen LogP contribution in [0.3, 0.4) is 0 Å². The summed E-state index contributed by atoms with van der Waals surface area (Å²) in [5.74, 6) is 0.187.